The number of fused-ring (bicyclic) bond motifs is 9. The average molecular weight is 723 g/mol. The number of benzene rings is 7. The van der Waals surface area contributed by atoms with Crippen LogP contribution >= 0.6 is 0 Å². The molecule has 10 rings (SSSR count). The Bertz CT molecular complexity index is 2590. The quantitative estimate of drug-likeness (QED) is 0.184. The van der Waals surface area contributed by atoms with Crippen LogP contribution in [0.5, 0.6) is 11.5 Å². The zero-order valence-corrected chi connectivity index (χ0v) is 31.3. The van der Waals surface area contributed by atoms with Crippen LogP contribution in [0.3, 0.4) is 0 Å². The minimum absolute atomic E-state index is 0.0540. The summed E-state index contributed by atoms with van der Waals surface area (Å²) in [6.45, 7) is 4.80. The second kappa shape index (κ2) is 14.0. The van der Waals surface area contributed by atoms with Crippen LogP contribution in [0.4, 0.5) is 0 Å². The molecule has 0 radical (unpaired) electrons. The van der Waals surface area contributed by atoms with E-state index in [1.807, 2.05) is 24.3 Å². The fourth-order valence-electron chi connectivity index (χ4n) is 9.82. The number of nitrogens with one attached hydrogen (secondary N) is 1. The molecule has 270 valence electrons. The molecule has 7 aromatic rings. The zero-order valence-electron chi connectivity index (χ0n) is 31.3. The molecule has 0 bridgehead atoms. The predicted molar refractivity (Wildman–Crippen MR) is 226 cm³/mol. The molecular weight excluding hydrogens is 681 g/mol. The Balaban J connectivity index is 1.08. The van der Waals surface area contributed by atoms with E-state index in [0.29, 0.717) is 11.5 Å². The summed E-state index contributed by atoms with van der Waals surface area (Å²) in [7, 11) is 0. The van der Waals surface area contributed by atoms with Gasteiger partial charge in [0.25, 0.3) is 0 Å². The van der Waals surface area contributed by atoms with Crippen LogP contribution in [0.15, 0.2) is 182 Å². The lowest BCUT2D eigenvalue weighted by Gasteiger charge is -2.39. The summed E-state index contributed by atoms with van der Waals surface area (Å²) in [5.41, 5.74) is 15.2. The van der Waals surface area contributed by atoms with Gasteiger partial charge in [-0.1, -0.05) is 158 Å². The summed E-state index contributed by atoms with van der Waals surface area (Å²) < 4.78 is 6.57. The Morgan fingerprint density at radius 2 is 1.14 bits per heavy atom. The van der Waals surface area contributed by atoms with E-state index in [9.17, 15) is 5.26 Å². The first-order valence-electron chi connectivity index (χ1n) is 19.8. The van der Waals surface area contributed by atoms with Crippen molar-refractivity contribution in [2.75, 3.05) is 0 Å². The molecule has 3 aliphatic rings. The number of hydrogen-bond acceptors (Lipinski definition) is 3. The molecular formula is C53H42N2O. The van der Waals surface area contributed by atoms with Crippen LogP contribution in [0.25, 0.3) is 22.3 Å². The van der Waals surface area contributed by atoms with Gasteiger partial charge in [0, 0.05) is 29.1 Å². The van der Waals surface area contributed by atoms with Crippen LogP contribution in [0.2, 0.25) is 0 Å². The smallest absolute Gasteiger partial charge is 0.132 e. The zero-order chi connectivity index (χ0) is 37.6. The Kier molecular flexibility index (Phi) is 8.51. The third kappa shape index (κ3) is 5.60. The minimum atomic E-state index is -0.483. The standard InChI is InChI=1S/C53H42N2O/c1-35-32-50(55-49(19-11-15-42(35)39-12-3-2-4-13-39)40-28-26-38(27-29-40)37-24-22-36(34-54)23-25-37)41-30-31-46-44(33-41)43-14-5-6-16-45(43)53(46)47-17-7-9-20-51(47)56-52-21-10-8-18-48(52)53/h2-10,12-14,16-18,20-31,33,42,49-50,55H,1,11,15,19,32H2. The second-order valence-electron chi connectivity index (χ2n) is 15.5. The molecule has 0 saturated carbocycles. The van der Waals surface area contributed by atoms with Crippen LogP contribution in [-0.4, -0.2) is 0 Å². The average Bonchev–Trinajstić information content (AvgIpc) is 3.58. The van der Waals surface area contributed by atoms with Crippen molar-refractivity contribution in [2.45, 2.75) is 49.1 Å². The Labute approximate surface area is 329 Å². The molecule has 7 aromatic carbocycles. The third-order valence-electron chi connectivity index (χ3n) is 12.5. The maximum absolute atomic E-state index is 9.30. The Morgan fingerprint density at radius 3 is 1.84 bits per heavy atom. The number of rotatable bonds is 4. The fraction of sp³-hybridized carbons (Fsp3) is 0.151. The van der Waals surface area contributed by atoms with Crippen molar-refractivity contribution < 1.29 is 4.74 Å². The fourth-order valence-corrected chi connectivity index (χ4v) is 9.82. The molecule has 1 fully saturated rings. The van der Waals surface area contributed by atoms with E-state index in [-0.39, 0.29) is 12.1 Å². The van der Waals surface area contributed by atoms with Gasteiger partial charge in [-0.15, -0.1) is 0 Å². The largest absolute Gasteiger partial charge is 0.457 e. The van der Waals surface area contributed by atoms with Gasteiger partial charge in [-0.25, -0.2) is 0 Å². The lowest BCUT2D eigenvalue weighted by atomic mass is 9.66. The van der Waals surface area contributed by atoms with Gasteiger partial charge in [-0.3, -0.25) is 0 Å². The summed E-state index contributed by atoms with van der Waals surface area (Å²) >= 11 is 0. The Hall–Kier alpha value is -6.47. The number of nitrogens with zero attached hydrogens (tertiary/aromatic N) is 1. The van der Waals surface area contributed by atoms with E-state index in [1.165, 1.54) is 55.6 Å². The van der Waals surface area contributed by atoms with Crippen molar-refractivity contribution in [1.29, 1.82) is 5.26 Å². The van der Waals surface area contributed by atoms with Crippen molar-refractivity contribution in [2.24, 2.45) is 0 Å². The van der Waals surface area contributed by atoms with Crippen molar-refractivity contribution >= 4 is 0 Å². The molecule has 3 nitrogen and oxygen atoms in total. The number of ether oxygens (including phenoxy) is 1. The van der Waals surface area contributed by atoms with Crippen LogP contribution in [0.1, 0.15) is 88.2 Å². The van der Waals surface area contributed by atoms with Crippen LogP contribution < -0.4 is 10.1 Å². The molecule has 1 aliphatic carbocycles. The molecule has 1 saturated heterocycles. The molecule has 2 heterocycles. The summed E-state index contributed by atoms with van der Waals surface area (Å²) in [5, 5.41) is 13.5. The van der Waals surface area contributed by atoms with Gasteiger partial charge in [-0.2, -0.15) is 5.26 Å². The molecule has 1 spiro atoms. The lowest BCUT2D eigenvalue weighted by molar-refractivity contribution is 0.422. The van der Waals surface area contributed by atoms with Crippen molar-refractivity contribution in [3.63, 3.8) is 0 Å². The monoisotopic (exact) mass is 722 g/mol. The predicted octanol–water partition coefficient (Wildman–Crippen LogP) is 13.0. The first kappa shape index (κ1) is 34.1. The summed E-state index contributed by atoms with van der Waals surface area (Å²) in [6, 6.07) is 63.6. The lowest BCUT2D eigenvalue weighted by Crippen LogP contribution is -2.32. The summed E-state index contributed by atoms with van der Waals surface area (Å²) in [4.78, 5) is 0. The van der Waals surface area contributed by atoms with E-state index in [0.717, 1.165) is 48.3 Å². The SMILES string of the molecule is C=C1CC(c2ccc3c(c2)-c2ccccc2C32c3ccccc3Oc3ccccc32)NC(c2ccc(-c3ccc(C#N)cc3)cc2)CCCC1c1ccccc1. The molecule has 2 aliphatic heterocycles. The van der Waals surface area contributed by atoms with E-state index >= 15 is 0 Å². The highest BCUT2D eigenvalue weighted by molar-refractivity contribution is 5.88. The highest BCUT2D eigenvalue weighted by atomic mass is 16.5. The van der Waals surface area contributed by atoms with Gasteiger partial charge >= 0.3 is 0 Å². The van der Waals surface area contributed by atoms with Crippen molar-refractivity contribution in [1.82, 2.24) is 5.32 Å². The third-order valence-corrected chi connectivity index (χ3v) is 12.5. The summed E-state index contributed by atoms with van der Waals surface area (Å²) in [5.74, 6) is 2.12. The highest BCUT2D eigenvalue weighted by Crippen LogP contribution is 2.62. The molecule has 1 N–H and O–H groups in total. The van der Waals surface area contributed by atoms with E-state index in [1.54, 1.807) is 0 Å². The van der Waals surface area contributed by atoms with Gasteiger partial charge in [0.05, 0.1) is 17.0 Å². The normalized spacial score (nSPS) is 19.2. The van der Waals surface area contributed by atoms with Crippen molar-refractivity contribution in [3.8, 4) is 39.8 Å². The van der Waals surface area contributed by atoms with E-state index < -0.39 is 5.41 Å². The number of para-hydroxylation sites is 2. The van der Waals surface area contributed by atoms with E-state index in [2.05, 4.69) is 157 Å². The van der Waals surface area contributed by atoms with Gasteiger partial charge < -0.3 is 10.1 Å². The van der Waals surface area contributed by atoms with Gasteiger partial charge in [0.15, 0.2) is 0 Å². The van der Waals surface area contributed by atoms with Gasteiger partial charge in [0.1, 0.15) is 11.5 Å². The molecule has 3 atom stereocenters. The number of hydrogen-bond donors (Lipinski definition) is 1. The molecule has 56 heavy (non-hydrogen) atoms. The minimum Gasteiger partial charge on any atom is -0.457 e. The maximum Gasteiger partial charge on any atom is 0.132 e. The van der Waals surface area contributed by atoms with Crippen LogP contribution in [-0.2, 0) is 5.41 Å². The first-order chi connectivity index (χ1) is 27.6. The first-order valence-corrected chi connectivity index (χ1v) is 19.8. The van der Waals surface area contributed by atoms with Crippen molar-refractivity contribution in [3.05, 3.63) is 227 Å². The molecule has 0 aromatic heterocycles. The second-order valence-corrected chi connectivity index (χ2v) is 15.5. The molecule has 3 unspecified atom stereocenters. The Morgan fingerprint density at radius 1 is 0.554 bits per heavy atom. The van der Waals surface area contributed by atoms with E-state index in [4.69, 9.17) is 11.3 Å². The number of nitriles is 1. The molecule has 3 heteroatoms. The highest BCUT2D eigenvalue weighted by Gasteiger charge is 2.51. The molecule has 0 amide bonds. The topological polar surface area (TPSA) is 45.0 Å². The van der Waals surface area contributed by atoms with Crippen LogP contribution in [0, 0.1) is 11.3 Å². The maximum atomic E-state index is 9.30. The summed E-state index contributed by atoms with van der Waals surface area (Å²) in [6.07, 6.45) is 4.01. The van der Waals surface area contributed by atoms with Gasteiger partial charge in [-0.05, 0) is 99.7 Å². The van der Waals surface area contributed by atoms with Gasteiger partial charge in [0.2, 0.25) is 0 Å².